The molecule has 0 atom stereocenters. The van der Waals surface area contributed by atoms with Crippen LogP contribution in [0, 0.1) is 13.8 Å². The Morgan fingerprint density at radius 1 is 1.18 bits per heavy atom. The van der Waals surface area contributed by atoms with Crippen LogP contribution in [0.2, 0.25) is 5.02 Å². The lowest BCUT2D eigenvalue weighted by Gasteiger charge is -2.19. The van der Waals surface area contributed by atoms with Gasteiger partial charge in [-0.1, -0.05) is 17.7 Å². The first kappa shape index (κ1) is 28.5. The molecule has 4 rings (SSSR count). The van der Waals surface area contributed by atoms with Crippen molar-refractivity contribution in [3.63, 3.8) is 0 Å². The number of likely N-dealkylation sites (N-methyl/N-ethyl adjacent to an activating group) is 1. The van der Waals surface area contributed by atoms with Crippen LogP contribution in [-0.4, -0.2) is 57.6 Å². The van der Waals surface area contributed by atoms with Crippen molar-refractivity contribution in [2.24, 2.45) is 7.05 Å². The van der Waals surface area contributed by atoms with Crippen molar-refractivity contribution in [2.45, 2.75) is 26.6 Å². The second kappa shape index (κ2) is 11.3. The van der Waals surface area contributed by atoms with Crippen LogP contribution in [0.5, 0.6) is 0 Å². The summed E-state index contributed by atoms with van der Waals surface area (Å²) >= 11 is 6.12. The molecule has 0 saturated heterocycles. The molecule has 3 N–H and O–H groups in total. The maximum atomic E-state index is 13.7. The van der Waals surface area contributed by atoms with Crippen molar-refractivity contribution in [3.8, 4) is 16.9 Å². The Hall–Kier alpha value is -3.54. The molecule has 2 aromatic heterocycles. The van der Waals surface area contributed by atoms with Gasteiger partial charge in [0.1, 0.15) is 0 Å². The minimum absolute atomic E-state index is 0.0135. The summed E-state index contributed by atoms with van der Waals surface area (Å²) in [5, 5.41) is 12.8. The third-order valence-corrected chi connectivity index (χ3v) is 6.96. The first-order valence-electron chi connectivity index (χ1n) is 12.3. The van der Waals surface area contributed by atoms with E-state index in [1.54, 1.807) is 33.8 Å². The van der Waals surface area contributed by atoms with Crippen molar-refractivity contribution >= 4 is 23.2 Å². The predicted octanol–water partition coefficient (Wildman–Crippen LogP) is 5.40. The molecule has 0 radical (unpaired) electrons. The maximum absolute atomic E-state index is 13.7. The summed E-state index contributed by atoms with van der Waals surface area (Å²) in [6, 6.07) is 7.44. The van der Waals surface area contributed by atoms with E-state index in [1.807, 2.05) is 46.1 Å². The molecular formula is C27H31ClF3N7O. The van der Waals surface area contributed by atoms with Crippen LogP contribution in [0.4, 0.5) is 18.9 Å². The first-order chi connectivity index (χ1) is 18.3. The van der Waals surface area contributed by atoms with E-state index in [0.717, 1.165) is 34.3 Å². The maximum Gasteiger partial charge on any atom is 0.417 e. The fourth-order valence-electron chi connectivity index (χ4n) is 4.11. The van der Waals surface area contributed by atoms with Crippen LogP contribution in [0.3, 0.4) is 0 Å². The van der Waals surface area contributed by atoms with Crippen molar-refractivity contribution in [2.75, 3.05) is 32.5 Å². The van der Waals surface area contributed by atoms with Crippen LogP contribution in [0.1, 0.15) is 32.7 Å². The topological polar surface area (TPSA) is 82.9 Å². The van der Waals surface area contributed by atoms with E-state index in [1.165, 1.54) is 6.07 Å². The average Bonchev–Trinajstić information content (AvgIpc) is 3.15. The summed E-state index contributed by atoms with van der Waals surface area (Å²) in [7, 11) is 5.67. The number of aromatic nitrogens is 4. The van der Waals surface area contributed by atoms with Crippen LogP contribution in [-0.2, 0) is 19.8 Å². The van der Waals surface area contributed by atoms with Crippen LogP contribution in [0.25, 0.3) is 16.9 Å². The molecule has 2 aromatic carbocycles. The van der Waals surface area contributed by atoms with Crippen molar-refractivity contribution in [1.29, 1.82) is 0 Å². The van der Waals surface area contributed by atoms with Gasteiger partial charge in [-0.25, -0.2) is 0 Å². The molecular weight excluding hydrogens is 531 g/mol. The van der Waals surface area contributed by atoms with E-state index in [2.05, 4.69) is 20.8 Å². The van der Waals surface area contributed by atoms with E-state index in [0.29, 0.717) is 18.7 Å². The normalized spacial score (nSPS) is 11.9. The fourth-order valence-corrected chi connectivity index (χ4v) is 4.39. The lowest BCUT2D eigenvalue weighted by atomic mass is 10.1. The number of hydrogen-bond donors (Lipinski definition) is 3. The summed E-state index contributed by atoms with van der Waals surface area (Å²) in [5.41, 5.74) is 4.08. The van der Waals surface area contributed by atoms with Crippen molar-refractivity contribution in [3.05, 3.63) is 75.7 Å². The van der Waals surface area contributed by atoms with Crippen molar-refractivity contribution < 1.29 is 18.0 Å². The van der Waals surface area contributed by atoms with Crippen molar-refractivity contribution in [1.82, 2.24) is 29.8 Å². The second-order valence-electron chi connectivity index (χ2n) is 9.72. The molecule has 0 aliphatic heterocycles. The molecule has 0 saturated carbocycles. The lowest BCUT2D eigenvalue weighted by Crippen LogP contribution is -2.26. The number of anilines is 1. The number of carbonyl (C=O) groups is 1. The van der Waals surface area contributed by atoms with Gasteiger partial charge in [0.2, 0.25) is 0 Å². The molecule has 39 heavy (non-hydrogen) atoms. The van der Waals surface area contributed by atoms with E-state index >= 15 is 0 Å². The largest absolute Gasteiger partial charge is 0.417 e. The van der Waals surface area contributed by atoms with Gasteiger partial charge in [0.15, 0.2) is 0 Å². The monoisotopic (exact) mass is 561 g/mol. The number of alkyl halides is 3. The van der Waals surface area contributed by atoms with E-state index in [9.17, 15) is 18.0 Å². The Bertz CT molecular complexity index is 1470. The van der Waals surface area contributed by atoms with Crippen LogP contribution < -0.4 is 10.6 Å². The van der Waals surface area contributed by atoms with E-state index in [4.69, 9.17) is 11.6 Å². The van der Waals surface area contributed by atoms with Gasteiger partial charge in [-0.3, -0.25) is 19.3 Å². The molecule has 12 heteroatoms. The molecule has 4 aromatic rings. The Labute approximate surface area is 229 Å². The van der Waals surface area contributed by atoms with Crippen LogP contribution >= 0.6 is 11.6 Å². The molecule has 8 nitrogen and oxygen atoms in total. The lowest BCUT2D eigenvalue weighted by molar-refractivity contribution is -0.137. The summed E-state index contributed by atoms with van der Waals surface area (Å²) < 4.78 is 44.8. The Balaban J connectivity index is 1.56. The van der Waals surface area contributed by atoms with Gasteiger partial charge in [0, 0.05) is 49.2 Å². The van der Waals surface area contributed by atoms with Gasteiger partial charge in [-0.2, -0.15) is 18.3 Å². The highest BCUT2D eigenvalue weighted by Crippen LogP contribution is 2.38. The number of H-pyrrole nitrogens is 1. The fraction of sp³-hybridized carbons (Fsp3) is 0.333. The summed E-state index contributed by atoms with van der Waals surface area (Å²) in [4.78, 5) is 15.1. The quantitative estimate of drug-likeness (QED) is 0.239. The molecule has 0 aliphatic carbocycles. The summed E-state index contributed by atoms with van der Waals surface area (Å²) in [5.74, 6) is -0.536. The molecule has 0 fully saturated rings. The minimum atomic E-state index is -4.67. The number of amides is 1. The smallest absolute Gasteiger partial charge is 0.322 e. The molecule has 0 aliphatic rings. The number of aryl methyl sites for hydroxylation is 2. The zero-order valence-corrected chi connectivity index (χ0v) is 23.1. The summed E-state index contributed by atoms with van der Waals surface area (Å²) in [6.45, 7) is 5.27. The Morgan fingerprint density at radius 3 is 2.51 bits per heavy atom. The SMILES string of the molecule is Cc1ccc(C(=O)Nc2cc(CNCCN(C)C)c(Cl)c(C(F)(F)F)c2)cc1-n1cc(-c2cnn(C)c2C)[nH]1. The first-order valence-corrected chi connectivity index (χ1v) is 12.7. The number of nitrogens with one attached hydrogen (secondary N) is 3. The number of nitrogens with zero attached hydrogens (tertiary/aromatic N) is 4. The van der Waals surface area contributed by atoms with Gasteiger partial charge in [0.25, 0.3) is 5.91 Å². The number of halogens is 4. The molecule has 1 amide bonds. The third kappa shape index (κ3) is 6.38. The highest BCUT2D eigenvalue weighted by Gasteiger charge is 2.35. The number of rotatable bonds is 9. The minimum Gasteiger partial charge on any atom is -0.322 e. The predicted molar refractivity (Wildman–Crippen MR) is 146 cm³/mol. The van der Waals surface area contributed by atoms with Gasteiger partial charge < -0.3 is 15.5 Å². The molecule has 2 heterocycles. The van der Waals surface area contributed by atoms with Gasteiger partial charge in [-0.15, -0.1) is 0 Å². The number of benzene rings is 2. The van der Waals surface area contributed by atoms with Gasteiger partial charge in [-0.05, 0) is 63.3 Å². The highest BCUT2D eigenvalue weighted by molar-refractivity contribution is 6.32. The summed E-state index contributed by atoms with van der Waals surface area (Å²) in [6.07, 6.45) is -0.999. The van der Waals surface area contributed by atoms with Crippen LogP contribution in [0.15, 0.2) is 42.7 Å². The second-order valence-corrected chi connectivity index (χ2v) is 10.1. The standard InChI is InChI=1S/C27H31ClF3N7O/c1-16-6-7-18(11-24(16)38-15-23(35-38)21-14-33-37(5)17(21)2)26(39)34-20-10-19(13-32-8-9-36(3)4)25(28)22(12-20)27(29,30)31/h6-7,10-12,14-15,32,35H,8-9,13H2,1-5H3,(H,34,39). The zero-order chi connectivity index (χ0) is 28.5. The molecule has 0 unspecified atom stereocenters. The van der Waals surface area contributed by atoms with E-state index in [-0.39, 0.29) is 22.8 Å². The number of carbonyl (C=O) groups excluding carboxylic acids is 1. The third-order valence-electron chi connectivity index (χ3n) is 6.52. The van der Waals surface area contributed by atoms with Gasteiger partial charge in [0.05, 0.1) is 34.4 Å². The zero-order valence-electron chi connectivity index (χ0n) is 22.4. The average molecular weight is 562 g/mol. The number of aromatic amines is 1. The molecule has 208 valence electrons. The Morgan fingerprint density at radius 2 is 1.90 bits per heavy atom. The molecule has 0 bridgehead atoms. The Kier molecular flexibility index (Phi) is 8.24. The van der Waals surface area contributed by atoms with Gasteiger partial charge >= 0.3 is 6.18 Å². The molecule has 0 spiro atoms. The number of hydrogen-bond acceptors (Lipinski definition) is 4. The van der Waals surface area contributed by atoms with E-state index < -0.39 is 17.6 Å². The highest BCUT2D eigenvalue weighted by atomic mass is 35.5.